The summed E-state index contributed by atoms with van der Waals surface area (Å²) in [6, 6.07) is 7.58. The van der Waals surface area contributed by atoms with E-state index in [1.165, 1.54) is 19.3 Å². The number of carbonyl (C=O) groups excluding carboxylic acids is 2. The van der Waals surface area contributed by atoms with E-state index in [9.17, 15) is 9.59 Å². The number of aryl methyl sites for hydroxylation is 1. The van der Waals surface area contributed by atoms with Crippen LogP contribution in [-0.4, -0.2) is 17.9 Å². The molecule has 4 nitrogen and oxygen atoms in total. The van der Waals surface area contributed by atoms with Crippen molar-refractivity contribution < 1.29 is 14.3 Å². The maximum atomic E-state index is 11.8. The Morgan fingerprint density at radius 1 is 1.10 bits per heavy atom. The molecule has 114 valence electrons. The van der Waals surface area contributed by atoms with E-state index in [1.807, 2.05) is 19.1 Å². The van der Waals surface area contributed by atoms with Crippen LogP contribution in [0.4, 0.5) is 0 Å². The number of ether oxygens (including phenoxy) is 1. The van der Waals surface area contributed by atoms with E-state index < -0.39 is 0 Å². The standard InChI is InChI=1S/C17H23NO3/c1-13-7-9-15(10-8-13)21-17(20)12-11-16(19)18-14-5-3-2-4-6-14/h7-10,14H,2-6,11-12H2,1H3,(H,18,19). The topological polar surface area (TPSA) is 55.4 Å². The van der Waals surface area contributed by atoms with Gasteiger partial charge < -0.3 is 10.1 Å². The van der Waals surface area contributed by atoms with Crippen LogP contribution in [0.25, 0.3) is 0 Å². The predicted molar refractivity (Wildman–Crippen MR) is 81.1 cm³/mol. The second-order valence-corrected chi connectivity index (χ2v) is 5.69. The highest BCUT2D eigenvalue weighted by Gasteiger charge is 2.16. The Morgan fingerprint density at radius 2 is 1.76 bits per heavy atom. The summed E-state index contributed by atoms with van der Waals surface area (Å²) in [5.41, 5.74) is 1.11. The van der Waals surface area contributed by atoms with Crippen molar-refractivity contribution >= 4 is 11.9 Å². The number of rotatable bonds is 5. The molecule has 1 aromatic carbocycles. The molecule has 0 aliphatic heterocycles. The molecular weight excluding hydrogens is 266 g/mol. The van der Waals surface area contributed by atoms with Crippen molar-refractivity contribution in [3.63, 3.8) is 0 Å². The maximum absolute atomic E-state index is 11.8. The number of benzene rings is 1. The van der Waals surface area contributed by atoms with E-state index in [2.05, 4.69) is 5.32 Å². The van der Waals surface area contributed by atoms with Crippen LogP contribution in [0.3, 0.4) is 0 Å². The zero-order valence-corrected chi connectivity index (χ0v) is 12.6. The lowest BCUT2D eigenvalue weighted by Gasteiger charge is -2.22. The fraction of sp³-hybridized carbons (Fsp3) is 0.529. The zero-order valence-electron chi connectivity index (χ0n) is 12.6. The van der Waals surface area contributed by atoms with E-state index in [0.29, 0.717) is 11.8 Å². The fourth-order valence-corrected chi connectivity index (χ4v) is 2.55. The highest BCUT2D eigenvalue weighted by molar-refractivity contribution is 5.82. The molecule has 1 aromatic rings. The van der Waals surface area contributed by atoms with Crippen LogP contribution in [0.1, 0.15) is 50.5 Å². The molecule has 1 fully saturated rings. The van der Waals surface area contributed by atoms with Crippen LogP contribution >= 0.6 is 0 Å². The average molecular weight is 289 g/mol. The van der Waals surface area contributed by atoms with Gasteiger partial charge in [-0.05, 0) is 31.9 Å². The summed E-state index contributed by atoms with van der Waals surface area (Å²) in [4.78, 5) is 23.5. The lowest BCUT2D eigenvalue weighted by atomic mass is 9.95. The highest BCUT2D eigenvalue weighted by Crippen LogP contribution is 2.17. The summed E-state index contributed by atoms with van der Waals surface area (Å²) in [7, 11) is 0. The Labute approximate surface area is 125 Å². The van der Waals surface area contributed by atoms with Gasteiger partial charge in [0.15, 0.2) is 0 Å². The number of esters is 1. The number of hydrogen-bond donors (Lipinski definition) is 1. The second-order valence-electron chi connectivity index (χ2n) is 5.69. The molecule has 1 aliphatic rings. The molecule has 0 saturated heterocycles. The van der Waals surface area contributed by atoms with Crippen molar-refractivity contribution in [2.75, 3.05) is 0 Å². The van der Waals surface area contributed by atoms with Gasteiger partial charge in [-0.15, -0.1) is 0 Å². The van der Waals surface area contributed by atoms with Crippen LogP contribution in [0.15, 0.2) is 24.3 Å². The van der Waals surface area contributed by atoms with Gasteiger partial charge in [0.25, 0.3) is 0 Å². The van der Waals surface area contributed by atoms with Gasteiger partial charge in [-0.1, -0.05) is 37.0 Å². The Bertz CT molecular complexity index is 475. The normalized spacial score (nSPS) is 15.5. The van der Waals surface area contributed by atoms with Gasteiger partial charge in [0.2, 0.25) is 5.91 Å². The summed E-state index contributed by atoms with van der Waals surface area (Å²) >= 11 is 0. The first-order valence-electron chi connectivity index (χ1n) is 7.70. The van der Waals surface area contributed by atoms with Crippen molar-refractivity contribution in [1.29, 1.82) is 0 Å². The lowest BCUT2D eigenvalue weighted by molar-refractivity contribution is -0.136. The van der Waals surface area contributed by atoms with Gasteiger partial charge in [0, 0.05) is 12.5 Å². The molecule has 0 bridgehead atoms. The molecule has 21 heavy (non-hydrogen) atoms. The van der Waals surface area contributed by atoms with Crippen molar-refractivity contribution in [1.82, 2.24) is 5.32 Å². The van der Waals surface area contributed by atoms with Crippen LogP contribution in [-0.2, 0) is 9.59 Å². The van der Waals surface area contributed by atoms with E-state index in [1.54, 1.807) is 12.1 Å². The average Bonchev–Trinajstić information content (AvgIpc) is 2.49. The van der Waals surface area contributed by atoms with Crippen LogP contribution in [0, 0.1) is 6.92 Å². The molecule has 0 aromatic heterocycles. The minimum absolute atomic E-state index is 0.0530. The molecule has 1 aliphatic carbocycles. The van der Waals surface area contributed by atoms with E-state index in [-0.39, 0.29) is 24.7 Å². The van der Waals surface area contributed by atoms with Crippen LogP contribution in [0.2, 0.25) is 0 Å². The Kier molecular flexibility index (Phi) is 5.78. The Hall–Kier alpha value is -1.84. The van der Waals surface area contributed by atoms with Gasteiger partial charge in [0.05, 0.1) is 6.42 Å². The molecule has 0 spiro atoms. The SMILES string of the molecule is Cc1ccc(OC(=O)CCC(=O)NC2CCCCC2)cc1. The lowest BCUT2D eigenvalue weighted by Crippen LogP contribution is -2.36. The summed E-state index contributed by atoms with van der Waals surface area (Å²) in [5.74, 6) is 0.110. The van der Waals surface area contributed by atoms with Gasteiger partial charge in [-0.3, -0.25) is 9.59 Å². The van der Waals surface area contributed by atoms with Crippen molar-refractivity contribution in [3.8, 4) is 5.75 Å². The molecule has 4 heteroatoms. The van der Waals surface area contributed by atoms with Crippen molar-refractivity contribution in [2.24, 2.45) is 0 Å². The largest absolute Gasteiger partial charge is 0.427 e. The molecule has 1 N–H and O–H groups in total. The van der Waals surface area contributed by atoms with Crippen LogP contribution in [0.5, 0.6) is 5.75 Å². The zero-order chi connectivity index (χ0) is 15.1. The fourth-order valence-electron chi connectivity index (χ4n) is 2.55. The smallest absolute Gasteiger partial charge is 0.311 e. The molecule has 0 radical (unpaired) electrons. The first kappa shape index (κ1) is 15.5. The van der Waals surface area contributed by atoms with E-state index >= 15 is 0 Å². The highest BCUT2D eigenvalue weighted by atomic mass is 16.5. The maximum Gasteiger partial charge on any atom is 0.311 e. The summed E-state index contributed by atoms with van der Waals surface area (Å²) < 4.78 is 5.19. The van der Waals surface area contributed by atoms with Crippen molar-refractivity contribution in [2.45, 2.75) is 57.9 Å². The minimum atomic E-state index is -0.363. The number of nitrogens with one attached hydrogen (secondary N) is 1. The molecule has 1 saturated carbocycles. The van der Waals surface area contributed by atoms with Gasteiger partial charge >= 0.3 is 5.97 Å². The van der Waals surface area contributed by atoms with Crippen LogP contribution < -0.4 is 10.1 Å². The molecule has 0 heterocycles. The molecule has 1 amide bonds. The first-order chi connectivity index (χ1) is 10.1. The third-order valence-electron chi connectivity index (χ3n) is 3.78. The van der Waals surface area contributed by atoms with E-state index in [0.717, 1.165) is 18.4 Å². The number of hydrogen-bond acceptors (Lipinski definition) is 3. The second kappa shape index (κ2) is 7.81. The van der Waals surface area contributed by atoms with Gasteiger partial charge in [-0.25, -0.2) is 0 Å². The molecular formula is C17H23NO3. The van der Waals surface area contributed by atoms with Gasteiger partial charge in [-0.2, -0.15) is 0 Å². The van der Waals surface area contributed by atoms with E-state index in [4.69, 9.17) is 4.74 Å². The number of carbonyl (C=O) groups is 2. The molecule has 0 atom stereocenters. The van der Waals surface area contributed by atoms with Gasteiger partial charge in [0.1, 0.15) is 5.75 Å². The predicted octanol–water partition coefficient (Wildman–Crippen LogP) is 3.13. The molecule has 2 rings (SSSR count). The monoisotopic (exact) mass is 289 g/mol. The third kappa shape index (κ3) is 5.58. The summed E-state index contributed by atoms with van der Waals surface area (Å²) in [6.45, 7) is 1.97. The quantitative estimate of drug-likeness (QED) is 0.669. The third-order valence-corrected chi connectivity index (χ3v) is 3.78. The first-order valence-corrected chi connectivity index (χ1v) is 7.70. The number of amides is 1. The summed E-state index contributed by atoms with van der Waals surface area (Å²) in [5, 5.41) is 3.00. The summed E-state index contributed by atoms with van der Waals surface area (Å²) in [6.07, 6.45) is 6.04. The molecule has 0 unspecified atom stereocenters. The Morgan fingerprint density at radius 3 is 2.43 bits per heavy atom. The van der Waals surface area contributed by atoms with Crippen molar-refractivity contribution in [3.05, 3.63) is 29.8 Å². The Balaban J connectivity index is 1.68. The minimum Gasteiger partial charge on any atom is -0.427 e.